The molecule has 1 saturated heterocycles. The lowest BCUT2D eigenvalue weighted by Gasteiger charge is -2.40. The van der Waals surface area contributed by atoms with Gasteiger partial charge in [0, 0.05) is 38.2 Å². The molecule has 8 heteroatoms. The van der Waals surface area contributed by atoms with E-state index in [1.807, 2.05) is 42.2 Å². The number of nitrogens with zero attached hydrogens (tertiary/aromatic N) is 4. The number of aryl methyl sites for hydroxylation is 1. The third kappa shape index (κ3) is 5.34. The number of anilines is 1. The highest BCUT2D eigenvalue weighted by Gasteiger charge is 2.28. The van der Waals surface area contributed by atoms with E-state index < -0.39 is 5.82 Å². The van der Waals surface area contributed by atoms with Gasteiger partial charge in [-0.05, 0) is 37.1 Å². The Morgan fingerprint density at radius 3 is 2.72 bits per heavy atom. The van der Waals surface area contributed by atoms with Crippen LogP contribution >= 0.6 is 11.6 Å². The predicted octanol–water partition coefficient (Wildman–Crippen LogP) is 4.73. The van der Waals surface area contributed by atoms with Crippen LogP contribution in [0.2, 0.25) is 5.02 Å². The molecule has 4 rings (SSSR count). The number of hydrogen-bond donors (Lipinski definition) is 0. The minimum absolute atomic E-state index is 0.0536. The molecule has 166 valence electrons. The van der Waals surface area contributed by atoms with E-state index in [-0.39, 0.29) is 17.0 Å². The van der Waals surface area contributed by atoms with Gasteiger partial charge in [-0.25, -0.2) is 14.4 Å². The number of benzene rings is 2. The maximum absolute atomic E-state index is 13.3. The fourth-order valence-electron chi connectivity index (χ4n) is 3.81. The molecule has 1 atom stereocenters. The van der Waals surface area contributed by atoms with Crippen LogP contribution in [-0.4, -0.2) is 46.5 Å². The van der Waals surface area contributed by atoms with E-state index in [9.17, 15) is 9.18 Å². The quantitative estimate of drug-likeness (QED) is 0.539. The highest BCUT2D eigenvalue weighted by Crippen LogP contribution is 2.30. The lowest BCUT2D eigenvalue weighted by Crippen LogP contribution is -2.54. The Morgan fingerprint density at radius 1 is 1.16 bits per heavy atom. The summed E-state index contributed by atoms with van der Waals surface area (Å²) in [7, 11) is 0. The number of piperazine rings is 1. The lowest BCUT2D eigenvalue weighted by atomic mass is 10.1. The number of carbonyl (C=O) groups excluding carboxylic acids is 1. The normalized spacial score (nSPS) is 16.2. The fraction of sp³-hybridized carbons (Fsp3) is 0.292. The molecule has 1 aliphatic heterocycles. The Hall–Kier alpha value is -3.19. The SMILES string of the molecule is C[C@@H]1CN(c2cc(Oc3ccc(F)cc3Cl)ncn2)CCN1C(=O)CCc1ccccc1. The van der Waals surface area contributed by atoms with E-state index >= 15 is 0 Å². The number of aromatic nitrogens is 2. The van der Waals surface area contributed by atoms with Crippen molar-refractivity contribution < 1.29 is 13.9 Å². The molecule has 1 amide bonds. The molecule has 0 saturated carbocycles. The first-order valence-corrected chi connectivity index (χ1v) is 10.9. The first-order valence-electron chi connectivity index (χ1n) is 10.5. The molecule has 32 heavy (non-hydrogen) atoms. The summed E-state index contributed by atoms with van der Waals surface area (Å²) in [6, 6.07) is 15.7. The third-order valence-electron chi connectivity index (χ3n) is 5.48. The van der Waals surface area contributed by atoms with E-state index in [1.165, 1.54) is 30.1 Å². The minimum Gasteiger partial charge on any atom is -0.437 e. The van der Waals surface area contributed by atoms with Gasteiger partial charge >= 0.3 is 0 Å². The summed E-state index contributed by atoms with van der Waals surface area (Å²) in [6.07, 6.45) is 2.66. The van der Waals surface area contributed by atoms with Gasteiger partial charge in [-0.1, -0.05) is 41.9 Å². The molecule has 1 fully saturated rings. The molecule has 0 radical (unpaired) electrons. The highest BCUT2D eigenvalue weighted by atomic mass is 35.5. The molecule has 0 N–H and O–H groups in total. The summed E-state index contributed by atoms with van der Waals surface area (Å²) in [6.45, 7) is 3.99. The fourth-order valence-corrected chi connectivity index (χ4v) is 4.01. The van der Waals surface area contributed by atoms with Crippen LogP contribution in [0, 0.1) is 5.82 Å². The van der Waals surface area contributed by atoms with Crippen molar-refractivity contribution in [3.63, 3.8) is 0 Å². The van der Waals surface area contributed by atoms with E-state index in [4.69, 9.17) is 16.3 Å². The summed E-state index contributed by atoms with van der Waals surface area (Å²) in [4.78, 5) is 25.3. The number of rotatable bonds is 6. The largest absolute Gasteiger partial charge is 0.437 e. The van der Waals surface area contributed by atoms with Crippen LogP contribution in [0.5, 0.6) is 11.6 Å². The average molecular weight is 455 g/mol. The van der Waals surface area contributed by atoms with Gasteiger partial charge in [-0.15, -0.1) is 0 Å². The number of amides is 1. The Kier molecular flexibility index (Phi) is 6.85. The topological polar surface area (TPSA) is 58.6 Å². The van der Waals surface area contributed by atoms with E-state index in [2.05, 4.69) is 14.9 Å². The molecular formula is C24H24ClFN4O2. The molecule has 0 unspecified atom stereocenters. The summed E-state index contributed by atoms with van der Waals surface area (Å²) in [5.41, 5.74) is 1.17. The second kappa shape index (κ2) is 9.96. The van der Waals surface area contributed by atoms with Crippen LogP contribution in [0.25, 0.3) is 0 Å². The van der Waals surface area contributed by atoms with Crippen molar-refractivity contribution in [2.75, 3.05) is 24.5 Å². The van der Waals surface area contributed by atoms with Gasteiger partial charge in [-0.3, -0.25) is 4.79 Å². The van der Waals surface area contributed by atoms with Crippen molar-refractivity contribution in [2.24, 2.45) is 0 Å². The number of ether oxygens (including phenoxy) is 1. The third-order valence-corrected chi connectivity index (χ3v) is 5.77. The van der Waals surface area contributed by atoms with Crippen LogP contribution in [0.1, 0.15) is 18.9 Å². The van der Waals surface area contributed by atoms with Crippen LogP contribution in [0.4, 0.5) is 10.2 Å². The summed E-state index contributed by atoms with van der Waals surface area (Å²) >= 11 is 6.04. The molecule has 6 nitrogen and oxygen atoms in total. The van der Waals surface area contributed by atoms with Gasteiger partial charge in [0.2, 0.25) is 11.8 Å². The van der Waals surface area contributed by atoms with Gasteiger partial charge < -0.3 is 14.5 Å². The van der Waals surface area contributed by atoms with E-state index in [1.54, 1.807) is 6.07 Å². The number of halogens is 2. The molecule has 1 aliphatic rings. The van der Waals surface area contributed by atoms with Crippen molar-refractivity contribution >= 4 is 23.3 Å². The second-order valence-electron chi connectivity index (χ2n) is 7.76. The van der Waals surface area contributed by atoms with Gasteiger partial charge in [0.25, 0.3) is 0 Å². The highest BCUT2D eigenvalue weighted by molar-refractivity contribution is 6.32. The lowest BCUT2D eigenvalue weighted by molar-refractivity contribution is -0.133. The van der Waals surface area contributed by atoms with E-state index in [0.717, 1.165) is 6.42 Å². The van der Waals surface area contributed by atoms with Crippen LogP contribution in [-0.2, 0) is 11.2 Å². The maximum Gasteiger partial charge on any atom is 0.224 e. The molecule has 0 bridgehead atoms. The smallest absolute Gasteiger partial charge is 0.224 e. The van der Waals surface area contributed by atoms with Crippen molar-refractivity contribution in [1.29, 1.82) is 0 Å². The number of carbonyl (C=O) groups is 1. The molecule has 0 spiro atoms. The van der Waals surface area contributed by atoms with E-state index in [0.29, 0.717) is 43.5 Å². The van der Waals surface area contributed by atoms with Crippen molar-refractivity contribution in [1.82, 2.24) is 14.9 Å². The van der Waals surface area contributed by atoms with Gasteiger partial charge in [0.05, 0.1) is 5.02 Å². The minimum atomic E-state index is -0.434. The number of hydrogen-bond acceptors (Lipinski definition) is 5. The van der Waals surface area contributed by atoms with Crippen molar-refractivity contribution in [2.45, 2.75) is 25.8 Å². The Balaban J connectivity index is 1.36. The zero-order valence-electron chi connectivity index (χ0n) is 17.7. The molecule has 1 aromatic heterocycles. The first kappa shape index (κ1) is 22.0. The van der Waals surface area contributed by atoms with Crippen LogP contribution in [0.15, 0.2) is 60.9 Å². The maximum atomic E-state index is 13.3. The Labute approximate surface area is 191 Å². The van der Waals surface area contributed by atoms with Gasteiger partial charge in [0.15, 0.2) is 0 Å². The average Bonchev–Trinajstić information content (AvgIpc) is 2.80. The molecule has 2 aromatic carbocycles. The summed E-state index contributed by atoms with van der Waals surface area (Å²) in [5.74, 6) is 1.07. The Bertz CT molecular complexity index is 1080. The zero-order valence-corrected chi connectivity index (χ0v) is 18.5. The summed E-state index contributed by atoms with van der Waals surface area (Å²) < 4.78 is 19.0. The predicted molar refractivity (Wildman–Crippen MR) is 122 cm³/mol. The molecule has 2 heterocycles. The van der Waals surface area contributed by atoms with Gasteiger partial charge in [0.1, 0.15) is 23.7 Å². The standard InChI is InChI=1S/C24H24ClFN4O2/c1-17-15-29(11-12-30(17)24(31)10-7-18-5-3-2-4-6-18)22-14-23(28-16-27-22)32-21-9-8-19(26)13-20(21)25/h2-6,8-9,13-14,16-17H,7,10-12,15H2,1H3/t17-/m1/s1. The Morgan fingerprint density at radius 2 is 1.97 bits per heavy atom. The zero-order chi connectivity index (χ0) is 22.5. The van der Waals surface area contributed by atoms with Crippen molar-refractivity contribution in [3.8, 4) is 11.6 Å². The van der Waals surface area contributed by atoms with Crippen molar-refractivity contribution in [3.05, 3.63) is 77.3 Å². The second-order valence-corrected chi connectivity index (χ2v) is 8.17. The molecule has 0 aliphatic carbocycles. The first-order chi connectivity index (χ1) is 15.5. The van der Waals surface area contributed by atoms with Crippen LogP contribution < -0.4 is 9.64 Å². The van der Waals surface area contributed by atoms with Crippen LogP contribution in [0.3, 0.4) is 0 Å². The molecule has 3 aromatic rings. The summed E-state index contributed by atoms with van der Waals surface area (Å²) in [5, 5.41) is 0.168. The monoisotopic (exact) mass is 454 g/mol. The molecular weight excluding hydrogens is 431 g/mol. The van der Waals surface area contributed by atoms with Gasteiger partial charge in [-0.2, -0.15) is 0 Å².